The highest BCUT2D eigenvalue weighted by Crippen LogP contribution is 2.44. The Morgan fingerprint density at radius 1 is 0.960 bits per heavy atom. The van der Waals surface area contributed by atoms with E-state index in [1.165, 1.54) is 0 Å². The summed E-state index contributed by atoms with van der Waals surface area (Å²) in [5, 5.41) is 2.46. The highest BCUT2D eigenvalue weighted by atomic mass is 35.5. The molecule has 2 nitrogen and oxygen atoms in total. The Kier molecular flexibility index (Phi) is 3.78. The lowest BCUT2D eigenvalue weighted by atomic mass is 9.82. The third kappa shape index (κ3) is 2.61. The van der Waals surface area contributed by atoms with Gasteiger partial charge in [-0.1, -0.05) is 41.9 Å². The molecule has 0 amide bonds. The zero-order valence-electron chi connectivity index (χ0n) is 13.8. The molecule has 1 aliphatic heterocycles. The maximum atomic E-state index is 12.2. The summed E-state index contributed by atoms with van der Waals surface area (Å²) in [6, 6.07) is 17.5. The monoisotopic (exact) mass is 370 g/mol. The van der Waals surface area contributed by atoms with Crippen LogP contribution >= 0.6 is 23.2 Å². The van der Waals surface area contributed by atoms with Crippen molar-refractivity contribution in [2.75, 3.05) is 0 Å². The van der Waals surface area contributed by atoms with Crippen LogP contribution < -0.4 is 4.74 Å². The predicted molar refractivity (Wildman–Crippen MR) is 102 cm³/mol. The number of carbonyl (C=O) groups excluding carboxylic acids is 1. The first-order chi connectivity index (χ1) is 11.9. The van der Waals surface area contributed by atoms with Crippen molar-refractivity contribution in [3.63, 3.8) is 0 Å². The van der Waals surface area contributed by atoms with Crippen LogP contribution in [0.4, 0.5) is 0 Å². The molecular formula is C21H16Cl2O2. The van der Waals surface area contributed by atoms with Crippen LogP contribution in [0.25, 0.3) is 10.8 Å². The maximum absolute atomic E-state index is 12.2. The molecule has 0 N–H and O–H groups in total. The third-order valence-electron chi connectivity index (χ3n) is 4.80. The van der Waals surface area contributed by atoms with Gasteiger partial charge in [-0.15, -0.1) is 11.6 Å². The van der Waals surface area contributed by atoms with Gasteiger partial charge < -0.3 is 4.74 Å². The van der Waals surface area contributed by atoms with Gasteiger partial charge in [-0.05, 0) is 60.0 Å². The third-order valence-corrected chi connectivity index (χ3v) is 5.56. The van der Waals surface area contributed by atoms with Gasteiger partial charge in [0.05, 0.1) is 10.8 Å². The molecule has 1 heterocycles. The molecule has 3 aromatic rings. The Morgan fingerprint density at radius 2 is 1.60 bits per heavy atom. The molecule has 0 radical (unpaired) electrons. The van der Waals surface area contributed by atoms with Crippen molar-refractivity contribution in [1.29, 1.82) is 0 Å². The van der Waals surface area contributed by atoms with Gasteiger partial charge in [-0.2, -0.15) is 0 Å². The van der Waals surface area contributed by atoms with Gasteiger partial charge in [0.15, 0.2) is 0 Å². The average molecular weight is 371 g/mol. The minimum absolute atomic E-state index is 0.222. The average Bonchev–Trinajstić information content (AvgIpc) is 2.84. The van der Waals surface area contributed by atoms with Gasteiger partial charge in [-0.25, -0.2) is 0 Å². The zero-order valence-corrected chi connectivity index (χ0v) is 15.4. The first-order valence-electron chi connectivity index (χ1n) is 8.07. The van der Waals surface area contributed by atoms with E-state index in [9.17, 15) is 4.79 Å². The van der Waals surface area contributed by atoms with Gasteiger partial charge in [-0.3, -0.25) is 4.79 Å². The summed E-state index contributed by atoms with van der Waals surface area (Å²) >= 11 is 12.7. The molecule has 1 unspecified atom stereocenters. The molecular weight excluding hydrogens is 355 g/mol. The molecule has 0 bridgehead atoms. The second kappa shape index (κ2) is 5.76. The molecule has 4 rings (SSSR count). The number of esters is 1. The number of benzene rings is 3. The van der Waals surface area contributed by atoms with Crippen LogP contribution in [0.2, 0.25) is 5.02 Å². The number of hydrogen-bond donors (Lipinski definition) is 0. The summed E-state index contributed by atoms with van der Waals surface area (Å²) in [4.78, 5) is 12.2. The SMILES string of the molecule is CC1(C)C(=O)Oc2ccc3ccc(C(Cl)c4ccc(Cl)cc4)cc3c21. The van der Waals surface area contributed by atoms with Crippen LogP contribution in [0, 0.1) is 0 Å². The molecule has 0 saturated heterocycles. The normalized spacial score (nSPS) is 16.6. The molecule has 0 saturated carbocycles. The Morgan fingerprint density at radius 3 is 2.32 bits per heavy atom. The van der Waals surface area contributed by atoms with E-state index in [1.807, 2.05) is 62.4 Å². The Hall–Kier alpha value is -2.03. The summed E-state index contributed by atoms with van der Waals surface area (Å²) in [6.07, 6.45) is 0. The molecule has 0 aromatic heterocycles. The lowest BCUT2D eigenvalue weighted by Crippen LogP contribution is -2.26. The number of fused-ring (bicyclic) bond motifs is 3. The van der Waals surface area contributed by atoms with Crippen LogP contribution in [0.1, 0.15) is 35.9 Å². The van der Waals surface area contributed by atoms with Gasteiger partial charge in [0.25, 0.3) is 0 Å². The van der Waals surface area contributed by atoms with Crippen molar-refractivity contribution in [3.8, 4) is 5.75 Å². The topological polar surface area (TPSA) is 26.3 Å². The lowest BCUT2D eigenvalue weighted by molar-refractivity contribution is -0.137. The second-order valence-corrected chi connectivity index (χ2v) is 7.72. The van der Waals surface area contributed by atoms with E-state index in [2.05, 4.69) is 6.07 Å². The number of rotatable bonds is 2. The van der Waals surface area contributed by atoms with Crippen LogP contribution in [0.15, 0.2) is 54.6 Å². The molecule has 25 heavy (non-hydrogen) atoms. The van der Waals surface area contributed by atoms with E-state index < -0.39 is 5.41 Å². The minimum Gasteiger partial charge on any atom is -0.426 e. The fourth-order valence-corrected chi connectivity index (χ4v) is 3.77. The summed E-state index contributed by atoms with van der Waals surface area (Å²) in [5.41, 5.74) is 2.21. The van der Waals surface area contributed by atoms with Crippen molar-refractivity contribution in [2.45, 2.75) is 24.6 Å². The number of ether oxygens (including phenoxy) is 1. The Balaban J connectivity index is 1.87. The van der Waals surface area contributed by atoms with E-state index in [0.29, 0.717) is 10.8 Å². The van der Waals surface area contributed by atoms with E-state index >= 15 is 0 Å². The molecule has 3 aromatic carbocycles. The highest BCUT2D eigenvalue weighted by molar-refractivity contribution is 6.30. The zero-order chi connectivity index (χ0) is 17.8. The molecule has 1 aliphatic rings. The summed E-state index contributed by atoms with van der Waals surface area (Å²) in [7, 11) is 0. The molecule has 1 atom stereocenters. The molecule has 0 aliphatic carbocycles. The van der Waals surface area contributed by atoms with Crippen LogP contribution in [0.5, 0.6) is 5.75 Å². The van der Waals surface area contributed by atoms with Crippen LogP contribution in [-0.2, 0) is 10.2 Å². The largest absolute Gasteiger partial charge is 0.426 e. The van der Waals surface area contributed by atoms with Crippen molar-refractivity contribution >= 4 is 39.9 Å². The fourth-order valence-electron chi connectivity index (χ4n) is 3.36. The van der Waals surface area contributed by atoms with Gasteiger partial charge >= 0.3 is 5.97 Å². The van der Waals surface area contributed by atoms with E-state index in [0.717, 1.165) is 27.5 Å². The van der Waals surface area contributed by atoms with Crippen molar-refractivity contribution in [1.82, 2.24) is 0 Å². The maximum Gasteiger partial charge on any atom is 0.321 e. The van der Waals surface area contributed by atoms with Crippen molar-refractivity contribution < 1.29 is 9.53 Å². The standard InChI is InChI=1S/C21H16Cl2O2/c1-21(2)18-16-11-14(19(23)13-5-8-15(22)9-6-13)4-3-12(16)7-10-17(18)25-20(21)24/h3-11,19H,1-2H3. The first kappa shape index (κ1) is 16.4. The molecule has 0 spiro atoms. The fraction of sp³-hybridized carbons (Fsp3) is 0.190. The highest BCUT2D eigenvalue weighted by Gasteiger charge is 2.42. The lowest BCUT2D eigenvalue weighted by Gasteiger charge is -2.17. The second-order valence-electron chi connectivity index (χ2n) is 6.85. The number of halogens is 2. The quantitative estimate of drug-likeness (QED) is 0.313. The van der Waals surface area contributed by atoms with E-state index in [-0.39, 0.29) is 11.3 Å². The Labute approximate surface area is 156 Å². The van der Waals surface area contributed by atoms with Crippen molar-refractivity contribution in [3.05, 3.63) is 76.3 Å². The molecule has 126 valence electrons. The first-order valence-corrected chi connectivity index (χ1v) is 8.88. The van der Waals surface area contributed by atoms with Gasteiger partial charge in [0.1, 0.15) is 5.75 Å². The van der Waals surface area contributed by atoms with Gasteiger partial charge in [0.2, 0.25) is 0 Å². The summed E-state index contributed by atoms with van der Waals surface area (Å²) in [6.45, 7) is 3.79. The van der Waals surface area contributed by atoms with Gasteiger partial charge in [0, 0.05) is 10.6 Å². The number of hydrogen-bond acceptors (Lipinski definition) is 2. The molecule has 0 fully saturated rings. The van der Waals surface area contributed by atoms with E-state index in [1.54, 1.807) is 0 Å². The van der Waals surface area contributed by atoms with Crippen LogP contribution in [0.3, 0.4) is 0 Å². The Bertz CT molecular complexity index is 991. The summed E-state index contributed by atoms with van der Waals surface area (Å²) in [5.74, 6) is 0.415. The number of carbonyl (C=O) groups is 1. The molecule has 4 heteroatoms. The van der Waals surface area contributed by atoms with E-state index in [4.69, 9.17) is 27.9 Å². The smallest absolute Gasteiger partial charge is 0.321 e. The summed E-state index contributed by atoms with van der Waals surface area (Å²) < 4.78 is 5.44. The van der Waals surface area contributed by atoms with Crippen molar-refractivity contribution in [2.24, 2.45) is 0 Å². The number of alkyl halides is 1. The predicted octanol–water partition coefficient (Wildman–Crippen LogP) is 6.02. The minimum atomic E-state index is -0.671. The van der Waals surface area contributed by atoms with Crippen LogP contribution in [-0.4, -0.2) is 5.97 Å².